The van der Waals surface area contributed by atoms with Crippen LogP contribution in [0.1, 0.15) is 25.8 Å². The zero-order valence-electron chi connectivity index (χ0n) is 8.29. The summed E-state index contributed by atoms with van der Waals surface area (Å²) in [5, 5.41) is 0. The van der Waals surface area contributed by atoms with Gasteiger partial charge in [-0.05, 0) is 6.07 Å². The normalized spacial score (nSPS) is 9.86. The Balaban J connectivity index is 2.72. The third kappa shape index (κ3) is 2.73. The van der Waals surface area contributed by atoms with E-state index in [0.29, 0.717) is 18.7 Å². The zero-order chi connectivity index (χ0) is 10.6. The van der Waals surface area contributed by atoms with Gasteiger partial charge in [0.2, 0.25) is 5.88 Å². The van der Waals surface area contributed by atoms with Gasteiger partial charge in [0.05, 0.1) is 0 Å². The van der Waals surface area contributed by atoms with E-state index in [9.17, 15) is 9.59 Å². The molecule has 0 bridgehead atoms. The van der Waals surface area contributed by atoms with E-state index in [4.69, 9.17) is 4.74 Å². The van der Waals surface area contributed by atoms with Crippen LogP contribution in [0.2, 0.25) is 0 Å². The molecule has 14 heavy (non-hydrogen) atoms. The average molecular weight is 195 g/mol. The fourth-order valence-electron chi connectivity index (χ4n) is 1.10. The van der Waals surface area contributed by atoms with Crippen molar-refractivity contribution in [1.29, 1.82) is 0 Å². The second kappa shape index (κ2) is 4.60. The fourth-order valence-corrected chi connectivity index (χ4v) is 1.10. The van der Waals surface area contributed by atoms with Crippen molar-refractivity contribution >= 4 is 11.8 Å². The minimum Gasteiger partial charge on any atom is -0.409 e. The Morgan fingerprint density at radius 3 is 2.79 bits per heavy atom. The van der Waals surface area contributed by atoms with Gasteiger partial charge in [0.1, 0.15) is 5.78 Å². The van der Waals surface area contributed by atoms with Gasteiger partial charge in [-0.25, -0.2) is 0 Å². The molecule has 1 aromatic heterocycles. The van der Waals surface area contributed by atoms with Crippen LogP contribution in [-0.2, 0) is 16.0 Å². The number of hydrogen-bond acceptors (Lipinski definition) is 3. The second-order valence-corrected chi connectivity index (χ2v) is 2.99. The molecule has 0 amide bonds. The topological polar surface area (TPSA) is 59.2 Å². The lowest BCUT2D eigenvalue weighted by atomic mass is 10.1. The molecule has 0 spiro atoms. The quantitative estimate of drug-likeness (QED) is 0.740. The Hall–Kier alpha value is -1.58. The number of rotatable bonds is 4. The van der Waals surface area contributed by atoms with Crippen molar-refractivity contribution in [2.24, 2.45) is 0 Å². The lowest BCUT2D eigenvalue weighted by Gasteiger charge is -2.01. The first kappa shape index (κ1) is 10.5. The fraction of sp³-hybridized carbons (Fsp3) is 0.400. The number of aromatic nitrogens is 1. The van der Waals surface area contributed by atoms with Crippen LogP contribution in [0, 0.1) is 0 Å². The van der Waals surface area contributed by atoms with E-state index in [-0.39, 0.29) is 5.78 Å². The highest BCUT2D eigenvalue weighted by atomic mass is 16.5. The molecule has 4 heteroatoms. The highest BCUT2D eigenvalue weighted by molar-refractivity contribution is 5.81. The number of aromatic amines is 1. The maximum absolute atomic E-state index is 11.2. The van der Waals surface area contributed by atoms with Gasteiger partial charge in [0, 0.05) is 31.5 Å². The van der Waals surface area contributed by atoms with Crippen LogP contribution in [-0.4, -0.2) is 16.7 Å². The first-order valence-electron chi connectivity index (χ1n) is 4.49. The molecule has 0 fully saturated rings. The minimum atomic E-state index is -0.391. The number of nitrogens with one attached hydrogen (secondary N) is 1. The maximum Gasteiger partial charge on any atom is 0.309 e. The van der Waals surface area contributed by atoms with E-state index in [2.05, 4.69) is 4.98 Å². The van der Waals surface area contributed by atoms with Gasteiger partial charge in [-0.15, -0.1) is 0 Å². The van der Waals surface area contributed by atoms with Gasteiger partial charge in [0.15, 0.2) is 0 Å². The lowest BCUT2D eigenvalue weighted by Crippen LogP contribution is -2.06. The molecule has 76 valence electrons. The number of esters is 1. The lowest BCUT2D eigenvalue weighted by molar-refractivity contribution is -0.132. The van der Waals surface area contributed by atoms with Crippen molar-refractivity contribution in [3.05, 3.63) is 17.8 Å². The molecule has 0 saturated carbocycles. The number of Topliss-reactive ketones (excluding diaryl/α,β-unsaturated/α-hetero) is 1. The van der Waals surface area contributed by atoms with Crippen molar-refractivity contribution in [1.82, 2.24) is 4.98 Å². The summed E-state index contributed by atoms with van der Waals surface area (Å²) in [7, 11) is 0. The molecule has 1 heterocycles. The summed E-state index contributed by atoms with van der Waals surface area (Å²) in [5.41, 5.74) is 0.729. The predicted molar refractivity (Wildman–Crippen MR) is 51.1 cm³/mol. The molecule has 0 radical (unpaired) electrons. The van der Waals surface area contributed by atoms with Crippen LogP contribution in [0.5, 0.6) is 5.88 Å². The largest absolute Gasteiger partial charge is 0.409 e. The van der Waals surface area contributed by atoms with Crippen molar-refractivity contribution in [2.75, 3.05) is 0 Å². The van der Waals surface area contributed by atoms with E-state index < -0.39 is 5.97 Å². The Morgan fingerprint density at radius 2 is 2.21 bits per heavy atom. The number of ketones is 1. The Labute approximate surface area is 82.3 Å². The number of H-pyrrole nitrogens is 1. The van der Waals surface area contributed by atoms with E-state index in [1.54, 1.807) is 19.2 Å². The first-order chi connectivity index (χ1) is 6.63. The molecule has 4 nitrogen and oxygen atoms in total. The summed E-state index contributed by atoms with van der Waals surface area (Å²) in [6.07, 6.45) is 2.45. The number of carbonyl (C=O) groups is 2. The smallest absolute Gasteiger partial charge is 0.309 e. The first-order valence-corrected chi connectivity index (χ1v) is 4.49. The summed E-state index contributed by atoms with van der Waals surface area (Å²) in [5.74, 6) is 0.106. The number of carbonyl (C=O) groups excluding carboxylic acids is 2. The Bertz CT molecular complexity index is 341. The van der Waals surface area contributed by atoms with Crippen LogP contribution >= 0.6 is 0 Å². The van der Waals surface area contributed by atoms with Crippen molar-refractivity contribution in [3.63, 3.8) is 0 Å². The molecule has 0 aliphatic heterocycles. The summed E-state index contributed by atoms with van der Waals surface area (Å²) in [6, 6.07) is 1.74. The van der Waals surface area contributed by atoms with Crippen LogP contribution < -0.4 is 4.74 Å². The van der Waals surface area contributed by atoms with Crippen LogP contribution in [0.15, 0.2) is 12.3 Å². The molecule has 0 saturated heterocycles. The second-order valence-electron chi connectivity index (χ2n) is 2.99. The number of hydrogen-bond donors (Lipinski definition) is 1. The van der Waals surface area contributed by atoms with Crippen molar-refractivity contribution < 1.29 is 14.3 Å². The molecule has 0 aliphatic carbocycles. The molecule has 1 N–H and O–H groups in total. The zero-order valence-corrected chi connectivity index (χ0v) is 8.29. The molecule has 0 aromatic carbocycles. The van der Waals surface area contributed by atoms with Gasteiger partial charge in [-0.3, -0.25) is 9.59 Å². The third-order valence-electron chi connectivity index (χ3n) is 1.82. The Morgan fingerprint density at radius 1 is 1.50 bits per heavy atom. The number of ether oxygens (including phenoxy) is 1. The summed E-state index contributed by atoms with van der Waals surface area (Å²) in [4.78, 5) is 24.6. The van der Waals surface area contributed by atoms with E-state index >= 15 is 0 Å². The highest BCUT2D eigenvalue weighted by Gasteiger charge is 2.10. The van der Waals surface area contributed by atoms with Crippen LogP contribution in [0.4, 0.5) is 0 Å². The van der Waals surface area contributed by atoms with Crippen molar-refractivity contribution in [2.45, 2.75) is 26.7 Å². The van der Waals surface area contributed by atoms with Gasteiger partial charge in [0.25, 0.3) is 0 Å². The van der Waals surface area contributed by atoms with Gasteiger partial charge >= 0.3 is 5.97 Å². The molecule has 0 unspecified atom stereocenters. The summed E-state index contributed by atoms with van der Waals surface area (Å²) < 4.78 is 4.88. The van der Waals surface area contributed by atoms with Gasteiger partial charge in [-0.1, -0.05) is 6.92 Å². The predicted octanol–water partition coefficient (Wildman–Crippen LogP) is 1.46. The third-order valence-corrected chi connectivity index (χ3v) is 1.82. The van der Waals surface area contributed by atoms with E-state index in [0.717, 1.165) is 5.56 Å². The summed E-state index contributed by atoms with van der Waals surface area (Å²) >= 11 is 0. The monoisotopic (exact) mass is 195 g/mol. The van der Waals surface area contributed by atoms with E-state index in [1.165, 1.54) is 6.92 Å². The SMILES string of the molecule is CCC(=O)Cc1cc[nH]c1OC(C)=O. The molecular weight excluding hydrogens is 182 g/mol. The van der Waals surface area contributed by atoms with Gasteiger partial charge < -0.3 is 9.72 Å². The summed E-state index contributed by atoms with van der Waals surface area (Å²) in [6.45, 7) is 3.13. The van der Waals surface area contributed by atoms with Crippen LogP contribution in [0.25, 0.3) is 0 Å². The molecule has 0 aliphatic rings. The minimum absolute atomic E-state index is 0.123. The van der Waals surface area contributed by atoms with Crippen LogP contribution in [0.3, 0.4) is 0 Å². The average Bonchev–Trinajstić information content (AvgIpc) is 2.52. The molecule has 1 rings (SSSR count). The van der Waals surface area contributed by atoms with Gasteiger partial charge in [-0.2, -0.15) is 0 Å². The maximum atomic E-state index is 11.2. The molecule has 1 aromatic rings. The van der Waals surface area contributed by atoms with Crippen molar-refractivity contribution in [3.8, 4) is 5.88 Å². The molecule has 0 atom stereocenters. The molecular formula is C10H13NO3. The van der Waals surface area contributed by atoms with E-state index in [1.807, 2.05) is 0 Å². The highest BCUT2D eigenvalue weighted by Crippen LogP contribution is 2.17. The Kier molecular flexibility index (Phi) is 3.45. The standard InChI is InChI=1S/C10H13NO3/c1-3-9(13)6-8-4-5-11-10(8)14-7(2)12/h4-5,11H,3,6H2,1-2H3.